The largest absolute Gasteiger partial charge is 0.423 e. The Morgan fingerprint density at radius 1 is 1.64 bits per heavy atom. The predicted octanol–water partition coefficient (Wildman–Crippen LogP) is -1.04. The summed E-state index contributed by atoms with van der Waals surface area (Å²) >= 11 is 0. The first-order chi connectivity index (χ1) is 5.33. The second-order valence-electron chi connectivity index (χ2n) is 1.92. The lowest BCUT2D eigenvalue weighted by molar-refractivity contribution is -0.184. The molecular weight excluding hydrogens is 152 g/mol. The van der Waals surface area contributed by atoms with E-state index < -0.39 is 12.4 Å². The van der Waals surface area contributed by atoms with E-state index in [4.69, 9.17) is 15.3 Å². The summed E-state index contributed by atoms with van der Waals surface area (Å²) in [4.78, 5) is 10.5. The molecule has 6 nitrogen and oxygen atoms in total. The van der Waals surface area contributed by atoms with E-state index in [0.717, 1.165) is 0 Å². The SMILES string of the molecule is NNC(=O)OC1COCCO1. The highest BCUT2D eigenvalue weighted by Crippen LogP contribution is 2.01. The fourth-order valence-electron chi connectivity index (χ4n) is 0.688. The van der Waals surface area contributed by atoms with Crippen molar-refractivity contribution < 1.29 is 19.0 Å². The van der Waals surface area contributed by atoms with Gasteiger partial charge in [-0.25, -0.2) is 10.6 Å². The van der Waals surface area contributed by atoms with Crippen LogP contribution in [0.2, 0.25) is 0 Å². The van der Waals surface area contributed by atoms with Gasteiger partial charge in [0, 0.05) is 0 Å². The molecule has 1 fully saturated rings. The molecule has 1 rings (SSSR count). The van der Waals surface area contributed by atoms with Crippen molar-refractivity contribution in [3.63, 3.8) is 0 Å². The zero-order valence-corrected chi connectivity index (χ0v) is 5.91. The molecule has 1 atom stereocenters. The monoisotopic (exact) mass is 162 g/mol. The molecule has 3 N–H and O–H groups in total. The summed E-state index contributed by atoms with van der Waals surface area (Å²) in [5.41, 5.74) is 1.82. The molecule has 1 heterocycles. The van der Waals surface area contributed by atoms with Gasteiger partial charge in [0.15, 0.2) is 0 Å². The van der Waals surface area contributed by atoms with Gasteiger partial charge in [0.1, 0.15) is 6.61 Å². The number of nitrogens with one attached hydrogen (secondary N) is 1. The Morgan fingerprint density at radius 3 is 3.00 bits per heavy atom. The summed E-state index contributed by atoms with van der Waals surface area (Å²) in [7, 11) is 0. The summed E-state index contributed by atoms with van der Waals surface area (Å²) < 4.78 is 14.6. The minimum absolute atomic E-state index is 0.257. The van der Waals surface area contributed by atoms with Gasteiger partial charge in [-0.3, -0.25) is 5.43 Å². The quantitative estimate of drug-likeness (QED) is 0.292. The zero-order valence-electron chi connectivity index (χ0n) is 5.91. The molecule has 1 aliphatic rings. The minimum atomic E-state index is -0.722. The number of amides is 1. The van der Waals surface area contributed by atoms with E-state index in [0.29, 0.717) is 13.2 Å². The lowest BCUT2D eigenvalue weighted by Crippen LogP contribution is -2.39. The highest BCUT2D eigenvalue weighted by Gasteiger charge is 2.17. The van der Waals surface area contributed by atoms with Gasteiger partial charge in [0.05, 0.1) is 13.2 Å². The maximum absolute atomic E-state index is 10.5. The molecule has 6 heteroatoms. The van der Waals surface area contributed by atoms with Gasteiger partial charge < -0.3 is 14.2 Å². The summed E-state index contributed by atoms with van der Waals surface area (Å²) in [6, 6.07) is 0. The van der Waals surface area contributed by atoms with Crippen molar-refractivity contribution >= 4 is 6.09 Å². The van der Waals surface area contributed by atoms with Crippen LogP contribution in [0.5, 0.6) is 0 Å². The van der Waals surface area contributed by atoms with Gasteiger partial charge in [0.25, 0.3) is 0 Å². The van der Waals surface area contributed by atoms with Gasteiger partial charge in [-0.1, -0.05) is 0 Å². The van der Waals surface area contributed by atoms with E-state index >= 15 is 0 Å². The number of hydrogen-bond acceptors (Lipinski definition) is 5. The fourth-order valence-corrected chi connectivity index (χ4v) is 0.688. The second kappa shape index (κ2) is 4.12. The molecule has 1 unspecified atom stereocenters. The highest BCUT2D eigenvalue weighted by atomic mass is 16.7. The van der Waals surface area contributed by atoms with Gasteiger partial charge >= 0.3 is 6.09 Å². The molecule has 0 aromatic rings. The maximum atomic E-state index is 10.5. The fraction of sp³-hybridized carbons (Fsp3) is 0.800. The van der Waals surface area contributed by atoms with E-state index in [1.54, 1.807) is 0 Å². The molecule has 64 valence electrons. The first-order valence-corrected chi connectivity index (χ1v) is 3.19. The normalized spacial score (nSPS) is 24.3. The second-order valence-corrected chi connectivity index (χ2v) is 1.92. The van der Waals surface area contributed by atoms with Crippen molar-refractivity contribution in [3.05, 3.63) is 0 Å². The number of rotatable bonds is 1. The van der Waals surface area contributed by atoms with Gasteiger partial charge in [-0.05, 0) is 0 Å². The topological polar surface area (TPSA) is 82.8 Å². The van der Waals surface area contributed by atoms with Crippen molar-refractivity contribution in [2.24, 2.45) is 5.84 Å². The maximum Gasteiger partial charge on any atom is 0.423 e. The summed E-state index contributed by atoms with van der Waals surface area (Å²) in [6.07, 6.45) is -1.35. The Hall–Kier alpha value is -0.850. The van der Waals surface area contributed by atoms with Crippen LogP contribution in [0, 0.1) is 0 Å². The van der Waals surface area contributed by atoms with Crippen molar-refractivity contribution in [1.82, 2.24) is 5.43 Å². The third-order valence-electron chi connectivity index (χ3n) is 1.14. The van der Waals surface area contributed by atoms with Crippen LogP contribution in [0.3, 0.4) is 0 Å². The third kappa shape index (κ3) is 2.71. The van der Waals surface area contributed by atoms with E-state index in [1.807, 2.05) is 5.43 Å². The molecule has 1 saturated heterocycles. The number of carbonyl (C=O) groups excluding carboxylic acids is 1. The summed E-state index contributed by atoms with van der Waals surface area (Å²) in [5.74, 6) is 4.77. The van der Waals surface area contributed by atoms with E-state index in [9.17, 15) is 4.79 Å². The molecule has 0 saturated carbocycles. The Bertz CT molecular complexity index is 134. The molecule has 0 spiro atoms. The van der Waals surface area contributed by atoms with E-state index in [2.05, 4.69) is 4.74 Å². The predicted molar refractivity (Wildman–Crippen MR) is 34.4 cm³/mol. The van der Waals surface area contributed by atoms with Gasteiger partial charge in [-0.15, -0.1) is 0 Å². The Morgan fingerprint density at radius 2 is 2.45 bits per heavy atom. The highest BCUT2D eigenvalue weighted by molar-refractivity contribution is 5.66. The first kappa shape index (κ1) is 8.25. The average molecular weight is 162 g/mol. The van der Waals surface area contributed by atoms with Crippen molar-refractivity contribution in [1.29, 1.82) is 0 Å². The molecule has 1 amide bonds. The van der Waals surface area contributed by atoms with E-state index in [-0.39, 0.29) is 6.61 Å². The lowest BCUT2D eigenvalue weighted by Gasteiger charge is -2.22. The lowest BCUT2D eigenvalue weighted by atomic mass is 10.6. The van der Waals surface area contributed by atoms with Gasteiger partial charge in [0.2, 0.25) is 6.29 Å². The standard InChI is InChI=1S/C5H10N2O4/c6-7-5(8)11-4-3-9-1-2-10-4/h4H,1-3,6H2,(H,7,8). The van der Waals surface area contributed by atoms with Crippen LogP contribution >= 0.6 is 0 Å². The van der Waals surface area contributed by atoms with Gasteiger partial charge in [-0.2, -0.15) is 0 Å². The third-order valence-corrected chi connectivity index (χ3v) is 1.14. The number of hydrazine groups is 1. The Labute approximate surface area is 63.6 Å². The van der Waals surface area contributed by atoms with Crippen molar-refractivity contribution in [2.75, 3.05) is 19.8 Å². The van der Waals surface area contributed by atoms with Crippen LogP contribution in [0.4, 0.5) is 4.79 Å². The zero-order chi connectivity index (χ0) is 8.10. The van der Waals surface area contributed by atoms with E-state index in [1.165, 1.54) is 0 Å². The molecular formula is C5H10N2O4. The molecule has 0 aromatic carbocycles. The number of hydrogen-bond donors (Lipinski definition) is 2. The molecule has 0 bridgehead atoms. The summed E-state index contributed by atoms with van der Waals surface area (Å²) in [5, 5.41) is 0. The van der Waals surface area contributed by atoms with Crippen molar-refractivity contribution in [3.8, 4) is 0 Å². The van der Waals surface area contributed by atoms with Crippen LogP contribution in [0.15, 0.2) is 0 Å². The molecule has 11 heavy (non-hydrogen) atoms. The number of nitrogens with two attached hydrogens (primary N) is 1. The molecule has 0 aromatic heterocycles. The Kier molecular flexibility index (Phi) is 3.09. The van der Waals surface area contributed by atoms with Crippen molar-refractivity contribution in [2.45, 2.75) is 6.29 Å². The smallest absolute Gasteiger partial charge is 0.416 e. The number of carbonyl (C=O) groups is 1. The van der Waals surface area contributed by atoms with Crippen LogP contribution in [-0.2, 0) is 14.2 Å². The van der Waals surface area contributed by atoms with Crippen LogP contribution in [0.1, 0.15) is 0 Å². The molecule has 1 aliphatic heterocycles. The van der Waals surface area contributed by atoms with Crippen LogP contribution in [-0.4, -0.2) is 32.2 Å². The Balaban J connectivity index is 2.19. The summed E-state index contributed by atoms with van der Waals surface area (Å²) in [6.45, 7) is 1.22. The minimum Gasteiger partial charge on any atom is -0.416 e. The number of ether oxygens (including phenoxy) is 3. The van der Waals surface area contributed by atoms with Crippen LogP contribution < -0.4 is 11.3 Å². The molecule has 0 radical (unpaired) electrons. The average Bonchev–Trinajstić information content (AvgIpc) is 2.06. The first-order valence-electron chi connectivity index (χ1n) is 3.19. The van der Waals surface area contributed by atoms with Crippen LogP contribution in [0.25, 0.3) is 0 Å². The molecule has 0 aliphatic carbocycles.